The quantitative estimate of drug-likeness (QED) is 0.793. The topological polar surface area (TPSA) is 72.6 Å². The highest BCUT2D eigenvalue weighted by Crippen LogP contribution is 2.11. The van der Waals surface area contributed by atoms with Crippen molar-refractivity contribution in [2.45, 2.75) is 26.4 Å². The fraction of sp³-hybridized carbons (Fsp3) is 0.467. The SMILES string of the molecule is COC(=O)CN(Cc1ccccc1)C(=O)C(C)C(C)N. The van der Waals surface area contributed by atoms with Gasteiger partial charge >= 0.3 is 5.97 Å². The van der Waals surface area contributed by atoms with Gasteiger partial charge in [-0.15, -0.1) is 0 Å². The van der Waals surface area contributed by atoms with Crippen molar-refractivity contribution in [1.29, 1.82) is 0 Å². The molecule has 1 aromatic rings. The Bertz CT molecular complexity index is 446. The average Bonchev–Trinajstić information content (AvgIpc) is 2.45. The molecule has 2 unspecified atom stereocenters. The Kier molecular flexibility index (Phi) is 6.18. The zero-order valence-corrected chi connectivity index (χ0v) is 12.2. The molecule has 5 nitrogen and oxygen atoms in total. The summed E-state index contributed by atoms with van der Waals surface area (Å²) in [6, 6.07) is 9.25. The van der Waals surface area contributed by atoms with Gasteiger partial charge in [-0.05, 0) is 12.5 Å². The van der Waals surface area contributed by atoms with Crippen LogP contribution in [0.4, 0.5) is 0 Å². The Morgan fingerprint density at radius 3 is 2.35 bits per heavy atom. The molecule has 20 heavy (non-hydrogen) atoms. The first-order chi connectivity index (χ1) is 9.45. The average molecular weight is 278 g/mol. The minimum atomic E-state index is -0.439. The molecule has 5 heteroatoms. The molecular formula is C15H22N2O3. The zero-order valence-electron chi connectivity index (χ0n) is 12.2. The molecule has 0 aliphatic heterocycles. The van der Waals surface area contributed by atoms with Gasteiger partial charge in [-0.2, -0.15) is 0 Å². The van der Waals surface area contributed by atoms with Gasteiger partial charge in [0.25, 0.3) is 0 Å². The van der Waals surface area contributed by atoms with Crippen molar-refractivity contribution in [3.63, 3.8) is 0 Å². The molecule has 0 aromatic heterocycles. The molecule has 0 aliphatic rings. The van der Waals surface area contributed by atoms with Crippen molar-refractivity contribution in [1.82, 2.24) is 4.90 Å². The van der Waals surface area contributed by atoms with Crippen LogP contribution >= 0.6 is 0 Å². The van der Waals surface area contributed by atoms with Crippen LogP contribution in [0.25, 0.3) is 0 Å². The van der Waals surface area contributed by atoms with E-state index in [2.05, 4.69) is 4.74 Å². The van der Waals surface area contributed by atoms with Crippen LogP contribution in [0, 0.1) is 5.92 Å². The maximum atomic E-state index is 12.4. The van der Waals surface area contributed by atoms with E-state index in [0.29, 0.717) is 6.54 Å². The van der Waals surface area contributed by atoms with Gasteiger partial charge in [0, 0.05) is 12.6 Å². The largest absolute Gasteiger partial charge is 0.468 e. The van der Waals surface area contributed by atoms with E-state index in [1.54, 1.807) is 13.8 Å². The Hall–Kier alpha value is -1.88. The van der Waals surface area contributed by atoms with Crippen molar-refractivity contribution < 1.29 is 14.3 Å². The van der Waals surface area contributed by atoms with Crippen LogP contribution in [0.5, 0.6) is 0 Å². The molecule has 0 aliphatic carbocycles. The summed E-state index contributed by atoms with van der Waals surface area (Å²) >= 11 is 0. The van der Waals surface area contributed by atoms with Crippen LogP contribution in [-0.2, 0) is 20.9 Å². The minimum absolute atomic E-state index is 0.0682. The molecule has 0 saturated heterocycles. The lowest BCUT2D eigenvalue weighted by atomic mass is 10.0. The number of nitrogens with zero attached hydrogens (tertiary/aromatic N) is 1. The first kappa shape index (κ1) is 16.2. The van der Waals surface area contributed by atoms with E-state index in [-0.39, 0.29) is 24.4 Å². The molecule has 0 heterocycles. The molecule has 0 spiro atoms. The molecule has 1 aromatic carbocycles. The number of amides is 1. The maximum absolute atomic E-state index is 12.4. The summed E-state index contributed by atoms with van der Waals surface area (Å²) in [7, 11) is 1.31. The van der Waals surface area contributed by atoms with E-state index >= 15 is 0 Å². The van der Waals surface area contributed by atoms with E-state index in [0.717, 1.165) is 5.56 Å². The van der Waals surface area contributed by atoms with E-state index in [4.69, 9.17) is 5.73 Å². The summed E-state index contributed by atoms with van der Waals surface area (Å²) in [6.45, 7) is 3.84. The lowest BCUT2D eigenvalue weighted by molar-refractivity contribution is -0.149. The predicted molar refractivity (Wildman–Crippen MR) is 76.7 cm³/mol. The van der Waals surface area contributed by atoms with Crippen molar-refractivity contribution in [3.05, 3.63) is 35.9 Å². The first-order valence-corrected chi connectivity index (χ1v) is 6.60. The fourth-order valence-electron chi connectivity index (χ4n) is 1.75. The van der Waals surface area contributed by atoms with E-state index in [1.165, 1.54) is 12.0 Å². The van der Waals surface area contributed by atoms with Gasteiger partial charge in [0.15, 0.2) is 0 Å². The number of methoxy groups -OCH3 is 1. The lowest BCUT2D eigenvalue weighted by Crippen LogP contribution is -2.43. The normalized spacial score (nSPS) is 13.4. The number of carbonyl (C=O) groups is 2. The summed E-state index contributed by atoms with van der Waals surface area (Å²) < 4.78 is 4.64. The second-order valence-electron chi connectivity index (χ2n) is 4.90. The first-order valence-electron chi connectivity index (χ1n) is 6.60. The smallest absolute Gasteiger partial charge is 0.325 e. The van der Waals surface area contributed by atoms with Crippen LogP contribution in [0.2, 0.25) is 0 Å². The zero-order chi connectivity index (χ0) is 15.1. The molecular weight excluding hydrogens is 256 g/mol. The number of nitrogens with two attached hydrogens (primary N) is 1. The number of rotatable bonds is 6. The predicted octanol–water partition coefficient (Wildman–Crippen LogP) is 1.17. The number of hydrogen-bond acceptors (Lipinski definition) is 4. The van der Waals surface area contributed by atoms with Gasteiger partial charge in [-0.1, -0.05) is 37.3 Å². The highest BCUT2D eigenvalue weighted by atomic mass is 16.5. The number of esters is 1. The van der Waals surface area contributed by atoms with Crippen LogP contribution < -0.4 is 5.73 Å². The Morgan fingerprint density at radius 1 is 1.25 bits per heavy atom. The van der Waals surface area contributed by atoms with Crippen molar-refractivity contribution >= 4 is 11.9 Å². The molecule has 2 atom stereocenters. The number of ether oxygens (including phenoxy) is 1. The monoisotopic (exact) mass is 278 g/mol. The van der Waals surface area contributed by atoms with Gasteiger partial charge in [0.1, 0.15) is 6.54 Å². The standard InChI is InChI=1S/C15H22N2O3/c1-11(12(2)16)15(19)17(10-14(18)20-3)9-13-7-5-4-6-8-13/h4-8,11-12H,9-10,16H2,1-3H3. The lowest BCUT2D eigenvalue weighted by Gasteiger charge is -2.26. The number of hydrogen-bond donors (Lipinski definition) is 1. The highest BCUT2D eigenvalue weighted by molar-refractivity contribution is 5.83. The van der Waals surface area contributed by atoms with Gasteiger partial charge < -0.3 is 15.4 Å². The minimum Gasteiger partial charge on any atom is -0.468 e. The van der Waals surface area contributed by atoms with Crippen LogP contribution in [-0.4, -0.2) is 36.5 Å². The van der Waals surface area contributed by atoms with E-state index in [9.17, 15) is 9.59 Å². The van der Waals surface area contributed by atoms with E-state index in [1.807, 2.05) is 30.3 Å². The number of carbonyl (C=O) groups excluding carboxylic acids is 2. The van der Waals surface area contributed by atoms with Crippen molar-refractivity contribution in [2.24, 2.45) is 11.7 Å². The second kappa shape index (κ2) is 7.65. The Balaban J connectivity index is 2.85. The summed E-state index contributed by atoms with van der Waals surface area (Å²) in [6.07, 6.45) is 0. The fourth-order valence-corrected chi connectivity index (χ4v) is 1.75. The van der Waals surface area contributed by atoms with Crippen LogP contribution in [0.3, 0.4) is 0 Å². The van der Waals surface area contributed by atoms with Gasteiger partial charge in [0.2, 0.25) is 5.91 Å². The van der Waals surface area contributed by atoms with E-state index < -0.39 is 5.97 Å². The van der Waals surface area contributed by atoms with Crippen LogP contribution in [0.1, 0.15) is 19.4 Å². The van der Waals surface area contributed by atoms with Crippen molar-refractivity contribution in [3.8, 4) is 0 Å². The van der Waals surface area contributed by atoms with Crippen LogP contribution in [0.15, 0.2) is 30.3 Å². The summed E-state index contributed by atoms with van der Waals surface area (Å²) in [5, 5.41) is 0. The maximum Gasteiger partial charge on any atom is 0.325 e. The summed E-state index contributed by atoms with van der Waals surface area (Å²) in [4.78, 5) is 25.3. The molecule has 110 valence electrons. The third-order valence-electron chi connectivity index (χ3n) is 3.25. The summed E-state index contributed by atoms with van der Waals surface area (Å²) in [5.41, 5.74) is 6.73. The Labute approximate surface area is 119 Å². The van der Waals surface area contributed by atoms with Crippen molar-refractivity contribution in [2.75, 3.05) is 13.7 Å². The third-order valence-corrected chi connectivity index (χ3v) is 3.25. The Morgan fingerprint density at radius 2 is 1.85 bits per heavy atom. The third kappa shape index (κ3) is 4.66. The highest BCUT2D eigenvalue weighted by Gasteiger charge is 2.25. The van der Waals surface area contributed by atoms with Gasteiger partial charge in [0.05, 0.1) is 13.0 Å². The summed E-state index contributed by atoms with van der Waals surface area (Å²) in [5.74, 6) is -0.927. The second-order valence-corrected chi connectivity index (χ2v) is 4.90. The molecule has 0 saturated carbocycles. The molecule has 1 amide bonds. The van der Waals surface area contributed by atoms with Gasteiger partial charge in [-0.3, -0.25) is 9.59 Å². The molecule has 0 fully saturated rings. The molecule has 2 N–H and O–H groups in total. The van der Waals surface area contributed by atoms with Gasteiger partial charge in [-0.25, -0.2) is 0 Å². The molecule has 0 bridgehead atoms. The molecule has 1 rings (SSSR count). The molecule has 0 radical (unpaired) electrons. The number of benzene rings is 1.